The van der Waals surface area contributed by atoms with Gasteiger partial charge in [0, 0.05) is 6.61 Å². The van der Waals surface area contributed by atoms with Crippen LogP contribution in [0.2, 0.25) is 0 Å². The van der Waals surface area contributed by atoms with Crippen molar-refractivity contribution in [3.05, 3.63) is 35.9 Å². The van der Waals surface area contributed by atoms with Crippen molar-refractivity contribution in [2.45, 2.75) is 31.9 Å². The van der Waals surface area contributed by atoms with Gasteiger partial charge in [-0.25, -0.2) is 0 Å². The zero-order valence-electron chi connectivity index (χ0n) is 14.9. The molecule has 2 heterocycles. The molecule has 0 aromatic heterocycles. The van der Waals surface area contributed by atoms with Crippen molar-refractivity contribution in [3.8, 4) is 0 Å². The highest BCUT2D eigenvalue weighted by atomic mass is 16.5. The molecule has 0 aliphatic carbocycles. The van der Waals surface area contributed by atoms with Crippen LogP contribution in [0.5, 0.6) is 0 Å². The summed E-state index contributed by atoms with van der Waals surface area (Å²) in [5.74, 6) is 0.184. The van der Waals surface area contributed by atoms with Crippen LogP contribution in [0, 0.1) is 0 Å². The predicted octanol–water partition coefficient (Wildman–Crippen LogP) is -0.230. The van der Waals surface area contributed by atoms with Crippen LogP contribution in [0.3, 0.4) is 0 Å². The third kappa shape index (κ3) is 4.80. The molecule has 25 heavy (non-hydrogen) atoms. The van der Waals surface area contributed by atoms with E-state index in [4.69, 9.17) is 4.74 Å². The van der Waals surface area contributed by atoms with Crippen molar-refractivity contribution in [2.24, 2.45) is 0 Å². The molecule has 2 aliphatic rings. The summed E-state index contributed by atoms with van der Waals surface area (Å²) in [4.78, 5) is 27.8. The van der Waals surface area contributed by atoms with Crippen LogP contribution >= 0.6 is 0 Å². The van der Waals surface area contributed by atoms with Gasteiger partial charge in [0.2, 0.25) is 0 Å². The predicted molar refractivity (Wildman–Crippen MR) is 94.1 cm³/mol. The second-order valence-electron chi connectivity index (χ2n) is 6.95. The first kappa shape index (κ1) is 17.9. The fourth-order valence-electron chi connectivity index (χ4n) is 3.54. The van der Waals surface area contributed by atoms with Crippen LogP contribution in [0.4, 0.5) is 0 Å². The maximum absolute atomic E-state index is 12.3. The number of carbonyl (C=O) groups is 2. The van der Waals surface area contributed by atoms with Crippen LogP contribution in [0.25, 0.3) is 0 Å². The van der Waals surface area contributed by atoms with Crippen molar-refractivity contribution < 1.29 is 19.2 Å². The van der Waals surface area contributed by atoms with Gasteiger partial charge in [0.1, 0.15) is 6.10 Å². The van der Waals surface area contributed by atoms with Gasteiger partial charge in [0.05, 0.1) is 32.2 Å². The van der Waals surface area contributed by atoms with Gasteiger partial charge >= 0.3 is 0 Å². The lowest BCUT2D eigenvalue weighted by Crippen LogP contribution is -3.15. The Bertz CT molecular complexity index is 579. The topological polar surface area (TPSA) is 63.1 Å². The molecule has 0 unspecified atom stereocenters. The number of benzene rings is 1. The van der Waals surface area contributed by atoms with Crippen molar-refractivity contribution in [2.75, 3.05) is 39.3 Å². The summed E-state index contributed by atoms with van der Waals surface area (Å²) in [5.41, 5.74) is 1.11. The Morgan fingerprint density at radius 1 is 1.28 bits per heavy atom. The smallest absolute Gasteiger partial charge is 0.275 e. The van der Waals surface area contributed by atoms with Gasteiger partial charge in [0.15, 0.2) is 6.54 Å². The van der Waals surface area contributed by atoms with Crippen molar-refractivity contribution in [1.29, 1.82) is 0 Å². The van der Waals surface area contributed by atoms with Crippen LogP contribution in [-0.2, 0) is 14.3 Å². The molecular weight excluding hydrogens is 318 g/mol. The van der Waals surface area contributed by atoms with E-state index in [1.807, 2.05) is 42.2 Å². The average Bonchev–Trinajstić information content (AvgIpc) is 3.17. The SMILES string of the molecule is C[C@H](NC(=O)C[NH+]1CCN(C(=O)[C@H]2CCCO2)CC1)c1ccccc1. The fourth-order valence-corrected chi connectivity index (χ4v) is 3.54. The normalized spacial score (nSPS) is 22.6. The van der Waals surface area contributed by atoms with E-state index in [1.165, 1.54) is 4.90 Å². The molecule has 2 amide bonds. The number of nitrogens with one attached hydrogen (secondary N) is 2. The summed E-state index contributed by atoms with van der Waals surface area (Å²) in [6.45, 7) is 6.18. The van der Waals surface area contributed by atoms with Crippen LogP contribution < -0.4 is 10.2 Å². The molecule has 2 atom stereocenters. The minimum absolute atomic E-state index is 0.00971. The molecule has 2 N–H and O–H groups in total. The maximum atomic E-state index is 12.3. The number of ether oxygens (including phenoxy) is 1. The van der Waals surface area contributed by atoms with Crippen LogP contribution in [-0.4, -0.2) is 62.1 Å². The lowest BCUT2D eigenvalue weighted by molar-refractivity contribution is -0.896. The van der Waals surface area contributed by atoms with Crippen molar-refractivity contribution in [3.63, 3.8) is 0 Å². The van der Waals surface area contributed by atoms with E-state index >= 15 is 0 Å². The van der Waals surface area contributed by atoms with Gasteiger partial charge < -0.3 is 19.9 Å². The lowest BCUT2D eigenvalue weighted by atomic mass is 10.1. The molecule has 3 rings (SSSR count). The molecule has 136 valence electrons. The zero-order valence-corrected chi connectivity index (χ0v) is 14.9. The van der Waals surface area contributed by atoms with E-state index in [-0.39, 0.29) is 24.0 Å². The third-order valence-electron chi connectivity index (χ3n) is 5.07. The Morgan fingerprint density at radius 2 is 2.00 bits per heavy atom. The highest BCUT2D eigenvalue weighted by Gasteiger charge is 2.32. The number of carbonyl (C=O) groups excluding carboxylic acids is 2. The van der Waals surface area contributed by atoms with Crippen LogP contribution in [0.15, 0.2) is 30.3 Å². The van der Waals surface area contributed by atoms with Crippen molar-refractivity contribution >= 4 is 11.8 Å². The second kappa shape index (κ2) is 8.45. The van der Waals surface area contributed by atoms with E-state index in [0.29, 0.717) is 26.2 Å². The third-order valence-corrected chi connectivity index (χ3v) is 5.07. The molecule has 2 saturated heterocycles. The highest BCUT2D eigenvalue weighted by Crippen LogP contribution is 2.14. The molecule has 6 nitrogen and oxygen atoms in total. The minimum atomic E-state index is -0.239. The highest BCUT2D eigenvalue weighted by molar-refractivity contribution is 5.81. The Balaban J connectivity index is 1.41. The van der Waals surface area contributed by atoms with E-state index < -0.39 is 0 Å². The Hall–Kier alpha value is -1.92. The first-order valence-corrected chi connectivity index (χ1v) is 9.22. The first-order chi connectivity index (χ1) is 12.1. The molecule has 1 aromatic rings. The largest absolute Gasteiger partial charge is 0.368 e. The van der Waals surface area contributed by atoms with Gasteiger partial charge in [-0.3, -0.25) is 9.59 Å². The van der Waals surface area contributed by atoms with E-state index in [0.717, 1.165) is 31.5 Å². The number of quaternary nitrogens is 1. The number of nitrogens with zero attached hydrogens (tertiary/aromatic N) is 1. The summed E-state index contributed by atoms with van der Waals surface area (Å²) in [7, 11) is 0. The number of rotatable bonds is 5. The summed E-state index contributed by atoms with van der Waals surface area (Å²) in [5, 5.41) is 3.06. The number of piperazine rings is 1. The molecule has 0 spiro atoms. The number of hydrogen-bond donors (Lipinski definition) is 2. The van der Waals surface area contributed by atoms with Gasteiger partial charge in [0.25, 0.3) is 11.8 Å². The summed E-state index contributed by atoms with van der Waals surface area (Å²) >= 11 is 0. The van der Waals surface area contributed by atoms with E-state index in [2.05, 4.69) is 5.32 Å². The minimum Gasteiger partial charge on any atom is -0.368 e. The molecular formula is C19H28N3O3+. The fraction of sp³-hybridized carbons (Fsp3) is 0.579. The van der Waals surface area contributed by atoms with Crippen LogP contribution in [0.1, 0.15) is 31.4 Å². The Kier molecular flexibility index (Phi) is 6.04. The molecule has 6 heteroatoms. The molecule has 0 radical (unpaired) electrons. The van der Waals surface area contributed by atoms with Gasteiger partial charge in [-0.2, -0.15) is 0 Å². The van der Waals surface area contributed by atoms with Gasteiger partial charge in [-0.1, -0.05) is 30.3 Å². The lowest BCUT2D eigenvalue weighted by Gasteiger charge is -2.33. The van der Waals surface area contributed by atoms with Gasteiger partial charge in [-0.05, 0) is 25.3 Å². The average molecular weight is 346 g/mol. The van der Waals surface area contributed by atoms with E-state index in [9.17, 15) is 9.59 Å². The molecule has 2 aliphatic heterocycles. The summed E-state index contributed by atoms with van der Waals surface area (Å²) < 4.78 is 5.48. The maximum Gasteiger partial charge on any atom is 0.275 e. The van der Waals surface area contributed by atoms with E-state index in [1.54, 1.807) is 0 Å². The number of hydrogen-bond acceptors (Lipinski definition) is 3. The Labute approximate surface area is 149 Å². The molecule has 0 saturated carbocycles. The standard InChI is InChI=1S/C19H27N3O3/c1-15(16-6-3-2-4-7-16)20-18(23)14-21-9-11-22(12-10-21)19(24)17-8-5-13-25-17/h2-4,6-7,15,17H,5,8-14H2,1H3,(H,20,23)/p+1/t15-,17+/m0/s1. The quantitative estimate of drug-likeness (QED) is 0.774. The van der Waals surface area contributed by atoms with Gasteiger partial charge in [-0.15, -0.1) is 0 Å². The zero-order chi connectivity index (χ0) is 17.6. The summed E-state index contributed by atoms with van der Waals surface area (Å²) in [6, 6.07) is 9.98. The monoisotopic (exact) mass is 346 g/mol. The van der Waals surface area contributed by atoms with Crippen molar-refractivity contribution in [1.82, 2.24) is 10.2 Å². The first-order valence-electron chi connectivity index (χ1n) is 9.22. The number of amides is 2. The Morgan fingerprint density at radius 3 is 2.64 bits per heavy atom. The summed E-state index contributed by atoms with van der Waals surface area (Å²) in [6.07, 6.45) is 1.57. The molecule has 1 aromatic carbocycles. The second-order valence-corrected chi connectivity index (χ2v) is 6.95. The molecule has 2 fully saturated rings. The molecule has 0 bridgehead atoms.